The first-order valence-electron chi connectivity index (χ1n) is 6.41. The predicted molar refractivity (Wildman–Crippen MR) is 74.0 cm³/mol. The van der Waals surface area contributed by atoms with Gasteiger partial charge in [0, 0.05) is 0 Å². The van der Waals surface area contributed by atoms with Crippen LogP contribution in [0.25, 0.3) is 6.08 Å². The Bertz CT molecular complexity index is 384. The number of ketones is 1. The Morgan fingerprint density at radius 2 is 1.82 bits per heavy atom. The van der Waals surface area contributed by atoms with Gasteiger partial charge in [0.05, 0.1) is 0 Å². The lowest BCUT2D eigenvalue weighted by molar-refractivity contribution is -0.113. The molecule has 0 radical (unpaired) electrons. The van der Waals surface area contributed by atoms with Gasteiger partial charge in [0.25, 0.3) is 0 Å². The van der Waals surface area contributed by atoms with Gasteiger partial charge in [-0.3, -0.25) is 4.79 Å². The number of unbranched alkanes of at least 4 members (excludes halogenated alkanes) is 2. The molecule has 0 heterocycles. The van der Waals surface area contributed by atoms with Gasteiger partial charge < -0.3 is 0 Å². The molecule has 0 saturated carbocycles. The summed E-state index contributed by atoms with van der Waals surface area (Å²) in [4.78, 5) is 11.5. The van der Waals surface area contributed by atoms with Gasteiger partial charge in [0.15, 0.2) is 5.78 Å². The molecule has 0 N–H and O–H groups in total. The Kier molecular flexibility index (Phi) is 5.68. The highest BCUT2D eigenvalue weighted by molar-refractivity contribution is 5.97. The zero-order valence-electron chi connectivity index (χ0n) is 11.1. The molecule has 0 fully saturated rings. The van der Waals surface area contributed by atoms with Crippen molar-refractivity contribution in [3.63, 3.8) is 0 Å². The maximum atomic E-state index is 11.5. The molecule has 0 aromatic heterocycles. The van der Waals surface area contributed by atoms with E-state index in [0.29, 0.717) is 0 Å². The minimum Gasteiger partial charge on any atom is -0.295 e. The number of hydrogen-bond acceptors (Lipinski definition) is 1. The third kappa shape index (κ3) is 4.99. The number of Topliss-reactive ketones (excluding diaryl/α,β-unsaturated/α-hetero) is 1. The number of rotatable bonds is 6. The second-order valence-electron chi connectivity index (χ2n) is 4.59. The molecular weight excluding hydrogens is 208 g/mol. The summed E-state index contributed by atoms with van der Waals surface area (Å²) in [6.07, 6.45) is 6.41. The van der Waals surface area contributed by atoms with E-state index in [0.717, 1.165) is 24.0 Å². The van der Waals surface area contributed by atoms with E-state index in [1.54, 1.807) is 6.92 Å². The molecule has 0 aliphatic rings. The van der Waals surface area contributed by atoms with Crippen LogP contribution in [-0.2, 0) is 4.79 Å². The quantitative estimate of drug-likeness (QED) is 0.517. The van der Waals surface area contributed by atoms with Crippen molar-refractivity contribution in [1.82, 2.24) is 0 Å². The fraction of sp³-hybridized carbons (Fsp3) is 0.438. The van der Waals surface area contributed by atoms with Crippen molar-refractivity contribution < 1.29 is 4.79 Å². The molecule has 17 heavy (non-hydrogen) atoms. The van der Waals surface area contributed by atoms with Crippen LogP contribution in [0.5, 0.6) is 0 Å². The van der Waals surface area contributed by atoms with Crippen LogP contribution >= 0.6 is 0 Å². The van der Waals surface area contributed by atoms with E-state index in [1.165, 1.54) is 18.4 Å². The van der Waals surface area contributed by atoms with Crippen LogP contribution in [0.4, 0.5) is 0 Å². The lowest BCUT2D eigenvalue weighted by atomic mass is 10.0. The maximum Gasteiger partial charge on any atom is 0.155 e. The van der Waals surface area contributed by atoms with E-state index in [1.807, 2.05) is 6.08 Å². The Hall–Kier alpha value is -1.37. The smallest absolute Gasteiger partial charge is 0.155 e. The Morgan fingerprint density at radius 3 is 2.35 bits per heavy atom. The third-order valence-corrected chi connectivity index (χ3v) is 2.92. The van der Waals surface area contributed by atoms with Crippen molar-refractivity contribution in [1.29, 1.82) is 0 Å². The summed E-state index contributed by atoms with van der Waals surface area (Å²) in [5.41, 5.74) is 3.32. The second kappa shape index (κ2) is 7.05. The normalized spacial score (nSPS) is 11.6. The Labute approximate surface area is 105 Å². The molecule has 0 aliphatic carbocycles. The Morgan fingerprint density at radius 1 is 1.18 bits per heavy atom. The lowest BCUT2D eigenvalue weighted by Gasteiger charge is -2.04. The highest BCUT2D eigenvalue weighted by Gasteiger charge is 2.03. The van der Waals surface area contributed by atoms with Crippen LogP contribution in [0, 0.1) is 6.92 Å². The number of aryl methyl sites for hydroxylation is 1. The van der Waals surface area contributed by atoms with E-state index in [4.69, 9.17) is 0 Å². The summed E-state index contributed by atoms with van der Waals surface area (Å²) in [5.74, 6) is 0.196. The first-order chi connectivity index (χ1) is 8.13. The van der Waals surface area contributed by atoms with Gasteiger partial charge in [-0.2, -0.15) is 0 Å². The number of allylic oxidation sites excluding steroid dienone is 1. The topological polar surface area (TPSA) is 17.1 Å². The van der Waals surface area contributed by atoms with Gasteiger partial charge in [-0.05, 0) is 43.9 Å². The first kappa shape index (κ1) is 13.7. The predicted octanol–water partition coefficient (Wildman–Crippen LogP) is 4.55. The summed E-state index contributed by atoms with van der Waals surface area (Å²) in [6, 6.07) is 8.29. The molecule has 1 aromatic carbocycles. The average molecular weight is 230 g/mol. The minimum atomic E-state index is 0.196. The van der Waals surface area contributed by atoms with Gasteiger partial charge in [0.2, 0.25) is 0 Å². The van der Waals surface area contributed by atoms with Crippen molar-refractivity contribution in [3.05, 3.63) is 41.0 Å². The molecule has 0 aliphatic heterocycles. The minimum absolute atomic E-state index is 0.196. The molecule has 0 unspecified atom stereocenters. The second-order valence-corrected chi connectivity index (χ2v) is 4.59. The molecule has 0 amide bonds. The van der Waals surface area contributed by atoms with Crippen molar-refractivity contribution in [3.8, 4) is 0 Å². The zero-order chi connectivity index (χ0) is 12.7. The van der Waals surface area contributed by atoms with Crippen LogP contribution in [0.1, 0.15) is 50.7 Å². The Balaban J connectivity index is 2.75. The van der Waals surface area contributed by atoms with Crippen LogP contribution < -0.4 is 0 Å². The number of carbonyl (C=O) groups excluding carboxylic acids is 1. The van der Waals surface area contributed by atoms with Crippen LogP contribution in [0.2, 0.25) is 0 Å². The average Bonchev–Trinajstić information content (AvgIpc) is 2.30. The van der Waals surface area contributed by atoms with Gasteiger partial charge in [0.1, 0.15) is 0 Å². The number of hydrogen-bond donors (Lipinski definition) is 0. The van der Waals surface area contributed by atoms with E-state index >= 15 is 0 Å². The fourth-order valence-corrected chi connectivity index (χ4v) is 1.78. The van der Waals surface area contributed by atoms with Gasteiger partial charge in [-0.1, -0.05) is 49.6 Å². The largest absolute Gasteiger partial charge is 0.295 e. The van der Waals surface area contributed by atoms with Crippen LogP contribution in [0.15, 0.2) is 29.8 Å². The van der Waals surface area contributed by atoms with Gasteiger partial charge >= 0.3 is 0 Å². The molecule has 92 valence electrons. The standard InChI is InChI=1S/C16H22O/c1-4-5-6-7-16(14(3)17)12-15-10-8-13(2)9-11-15/h8-12H,4-7H2,1-3H3/b16-12+. The molecule has 1 heteroatoms. The lowest BCUT2D eigenvalue weighted by Crippen LogP contribution is -1.96. The number of benzene rings is 1. The van der Waals surface area contributed by atoms with Crippen molar-refractivity contribution in [2.24, 2.45) is 0 Å². The highest BCUT2D eigenvalue weighted by Crippen LogP contribution is 2.15. The molecule has 0 atom stereocenters. The molecule has 1 rings (SSSR count). The molecule has 0 saturated heterocycles. The van der Waals surface area contributed by atoms with Crippen molar-refractivity contribution in [2.75, 3.05) is 0 Å². The SMILES string of the molecule is CCCCC/C(=C\c1ccc(C)cc1)C(C)=O. The van der Waals surface area contributed by atoms with Gasteiger partial charge in [-0.15, -0.1) is 0 Å². The summed E-state index contributed by atoms with van der Waals surface area (Å²) in [6.45, 7) is 5.91. The van der Waals surface area contributed by atoms with Crippen molar-refractivity contribution in [2.45, 2.75) is 46.5 Å². The molecule has 1 nitrogen and oxygen atoms in total. The van der Waals surface area contributed by atoms with E-state index in [9.17, 15) is 4.79 Å². The number of carbonyl (C=O) groups is 1. The summed E-state index contributed by atoms with van der Waals surface area (Å²) in [5, 5.41) is 0. The van der Waals surface area contributed by atoms with Crippen LogP contribution in [-0.4, -0.2) is 5.78 Å². The van der Waals surface area contributed by atoms with Crippen molar-refractivity contribution >= 4 is 11.9 Å². The fourth-order valence-electron chi connectivity index (χ4n) is 1.78. The molecular formula is C16H22O. The molecule has 1 aromatic rings. The molecule has 0 bridgehead atoms. The van der Waals surface area contributed by atoms with Gasteiger partial charge in [-0.25, -0.2) is 0 Å². The monoisotopic (exact) mass is 230 g/mol. The summed E-state index contributed by atoms with van der Waals surface area (Å²) in [7, 11) is 0. The van der Waals surface area contributed by atoms with Crippen LogP contribution in [0.3, 0.4) is 0 Å². The summed E-state index contributed by atoms with van der Waals surface area (Å²) < 4.78 is 0. The van der Waals surface area contributed by atoms with E-state index in [-0.39, 0.29) is 5.78 Å². The molecule has 0 spiro atoms. The highest BCUT2D eigenvalue weighted by atomic mass is 16.1. The maximum absolute atomic E-state index is 11.5. The first-order valence-corrected chi connectivity index (χ1v) is 6.41. The third-order valence-electron chi connectivity index (χ3n) is 2.92. The van der Waals surface area contributed by atoms with E-state index in [2.05, 4.69) is 38.1 Å². The summed E-state index contributed by atoms with van der Waals surface area (Å²) >= 11 is 0. The van der Waals surface area contributed by atoms with E-state index < -0.39 is 0 Å². The zero-order valence-corrected chi connectivity index (χ0v) is 11.1.